The lowest BCUT2D eigenvalue weighted by Gasteiger charge is -2.23. The van der Waals surface area contributed by atoms with Crippen molar-refractivity contribution in [2.45, 2.75) is 23.9 Å². The molecule has 2 aliphatic heterocycles. The van der Waals surface area contributed by atoms with Gasteiger partial charge < -0.3 is 24.4 Å². The second-order valence-corrected chi connectivity index (χ2v) is 3.51. The van der Waals surface area contributed by atoms with Crippen LogP contribution in [0.15, 0.2) is 0 Å². The van der Waals surface area contributed by atoms with Gasteiger partial charge in [-0.3, -0.25) is 0 Å². The van der Waals surface area contributed by atoms with Crippen molar-refractivity contribution in [3.63, 3.8) is 0 Å². The predicted octanol–water partition coefficient (Wildman–Crippen LogP) is -1.95. The van der Waals surface area contributed by atoms with Gasteiger partial charge in [-0.2, -0.15) is 0 Å². The molecule has 0 aromatic rings. The van der Waals surface area contributed by atoms with Crippen molar-refractivity contribution < 1.29 is 29.2 Å². The highest BCUT2D eigenvalue weighted by atomic mass is 16.6. The molecule has 80 valence electrons. The normalized spacial score (nSPS) is 46.4. The highest BCUT2D eigenvalue weighted by Gasteiger charge is 2.60. The first kappa shape index (κ1) is 9.85. The molecule has 2 rings (SSSR count). The Morgan fingerprint density at radius 3 is 2.93 bits per heavy atom. The van der Waals surface area contributed by atoms with Crippen molar-refractivity contribution in [2.75, 3.05) is 20.3 Å². The van der Waals surface area contributed by atoms with Gasteiger partial charge in [0.05, 0.1) is 20.3 Å². The Morgan fingerprint density at radius 2 is 2.29 bits per heavy atom. The molecule has 0 unspecified atom stereocenters. The zero-order valence-corrected chi connectivity index (χ0v) is 7.67. The predicted molar refractivity (Wildman–Crippen MR) is 42.5 cm³/mol. The summed E-state index contributed by atoms with van der Waals surface area (Å²) < 4.78 is 14.7. The third-order valence-corrected chi connectivity index (χ3v) is 2.63. The van der Waals surface area contributed by atoms with Crippen molar-refractivity contribution >= 4 is 5.97 Å². The van der Waals surface area contributed by atoms with Crippen LogP contribution in [0.3, 0.4) is 0 Å². The van der Waals surface area contributed by atoms with Crippen LogP contribution in [0.1, 0.15) is 0 Å². The lowest BCUT2D eigenvalue weighted by Crippen LogP contribution is -2.51. The Bertz CT molecular complexity index is 254. The summed E-state index contributed by atoms with van der Waals surface area (Å²) >= 11 is 0. The maximum absolute atomic E-state index is 11.3. The van der Waals surface area contributed by atoms with Crippen molar-refractivity contribution in [1.29, 1.82) is 0 Å². The number of aliphatic hydroxyl groups is 2. The van der Waals surface area contributed by atoms with Gasteiger partial charge >= 0.3 is 5.97 Å². The van der Waals surface area contributed by atoms with Crippen LogP contribution in [-0.4, -0.2) is 60.4 Å². The van der Waals surface area contributed by atoms with E-state index in [4.69, 9.17) is 9.47 Å². The van der Waals surface area contributed by atoms with E-state index in [1.165, 1.54) is 7.11 Å². The molecule has 2 fully saturated rings. The minimum atomic E-state index is -1.78. The van der Waals surface area contributed by atoms with E-state index in [9.17, 15) is 15.0 Å². The Labute approximate surface area is 80.4 Å². The zero-order chi connectivity index (χ0) is 10.3. The maximum atomic E-state index is 11.3. The molecule has 2 N–H and O–H groups in total. The molecule has 6 heteroatoms. The summed E-state index contributed by atoms with van der Waals surface area (Å²) in [5, 5.41) is 19.3. The van der Waals surface area contributed by atoms with Gasteiger partial charge in [0.1, 0.15) is 18.3 Å². The van der Waals surface area contributed by atoms with Gasteiger partial charge in [0.25, 0.3) is 0 Å². The number of methoxy groups -OCH3 is 1. The van der Waals surface area contributed by atoms with Gasteiger partial charge in [-0.15, -0.1) is 0 Å². The highest BCUT2D eigenvalue weighted by molar-refractivity contribution is 5.81. The number of rotatable bonds is 1. The summed E-state index contributed by atoms with van der Waals surface area (Å²) in [6, 6.07) is 0. The fraction of sp³-hybridized carbons (Fsp3) is 0.875. The third kappa shape index (κ3) is 1.15. The van der Waals surface area contributed by atoms with Crippen LogP contribution < -0.4 is 0 Å². The van der Waals surface area contributed by atoms with E-state index in [0.29, 0.717) is 0 Å². The maximum Gasteiger partial charge on any atom is 0.343 e. The van der Waals surface area contributed by atoms with E-state index in [2.05, 4.69) is 4.74 Å². The summed E-state index contributed by atoms with van der Waals surface area (Å²) in [6.07, 6.45) is -2.26. The average Bonchev–Trinajstić information content (AvgIpc) is 2.70. The van der Waals surface area contributed by atoms with E-state index in [0.717, 1.165) is 0 Å². The minimum absolute atomic E-state index is 0.0641. The topological polar surface area (TPSA) is 85.2 Å². The van der Waals surface area contributed by atoms with Crippen LogP contribution in [0.2, 0.25) is 0 Å². The van der Waals surface area contributed by atoms with Crippen LogP contribution in [0, 0.1) is 0 Å². The molecule has 2 saturated heterocycles. The molecular weight excluding hydrogens is 192 g/mol. The summed E-state index contributed by atoms with van der Waals surface area (Å²) in [4.78, 5) is 11.3. The number of carbonyl (C=O) groups excluding carboxylic acids is 1. The van der Waals surface area contributed by atoms with E-state index < -0.39 is 29.9 Å². The SMILES string of the molecule is COC(=O)[C@@]1(O)CO[C@@H]2[C@@H](O)CO[C@@H]21. The van der Waals surface area contributed by atoms with E-state index >= 15 is 0 Å². The lowest BCUT2D eigenvalue weighted by molar-refractivity contribution is -0.172. The van der Waals surface area contributed by atoms with E-state index in [1.54, 1.807) is 0 Å². The molecule has 0 aromatic heterocycles. The first-order valence-electron chi connectivity index (χ1n) is 4.31. The number of ether oxygens (including phenoxy) is 3. The monoisotopic (exact) mass is 204 g/mol. The molecule has 0 aliphatic carbocycles. The van der Waals surface area contributed by atoms with Gasteiger partial charge in [-0.25, -0.2) is 4.79 Å². The number of hydrogen-bond acceptors (Lipinski definition) is 6. The second-order valence-electron chi connectivity index (χ2n) is 3.51. The van der Waals surface area contributed by atoms with Crippen LogP contribution in [0.4, 0.5) is 0 Å². The second kappa shape index (κ2) is 3.16. The minimum Gasteiger partial charge on any atom is -0.467 e. The smallest absolute Gasteiger partial charge is 0.343 e. The van der Waals surface area contributed by atoms with Crippen molar-refractivity contribution in [3.8, 4) is 0 Å². The van der Waals surface area contributed by atoms with Crippen molar-refractivity contribution in [2.24, 2.45) is 0 Å². The highest BCUT2D eigenvalue weighted by Crippen LogP contribution is 2.34. The zero-order valence-electron chi connectivity index (χ0n) is 7.67. The van der Waals surface area contributed by atoms with E-state index in [1.807, 2.05) is 0 Å². The lowest BCUT2D eigenvalue weighted by atomic mass is 9.96. The van der Waals surface area contributed by atoms with Gasteiger partial charge in [0.15, 0.2) is 0 Å². The first-order valence-corrected chi connectivity index (χ1v) is 4.31. The molecule has 0 saturated carbocycles. The molecular formula is C8H12O6. The van der Waals surface area contributed by atoms with Gasteiger partial charge in [0, 0.05) is 0 Å². The van der Waals surface area contributed by atoms with Gasteiger partial charge in [-0.1, -0.05) is 0 Å². The Morgan fingerprint density at radius 1 is 1.57 bits per heavy atom. The summed E-state index contributed by atoms with van der Waals surface area (Å²) in [5.41, 5.74) is -1.78. The molecule has 2 aliphatic rings. The number of fused-ring (bicyclic) bond motifs is 1. The molecule has 0 bridgehead atoms. The van der Waals surface area contributed by atoms with Gasteiger partial charge in [-0.05, 0) is 0 Å². The molecule has 14 heavy (non-hydrogen) atoms. The number of carbonyl (C=O) groups is 1. The van der Waals surface area contributed by atoms with Crippen LogP contribution in [-0.2, 0) is 19.0 Å². The number of aliphatic hydroxyl groups excluding tert-OH is 1. The quantitative estimate of drug-likeness (QED) is 0.483. The van der Waals surface area contributed by atoms with Crippen LogP contribution in [0.5, 0.6) is 0 Å². The standard InChI is InChI=1S/C8H12O6/c1-12-7(10)8(11)3-14-5-4(9)2-13-6(5)8/h4-6,9,11H,2-3H2,1H3/t4-,5+,6-,8+/m0/s1. The fourth-order valence-electron chi connectivity index (χ4n) is 1.86. The summed E-state index contributed by atoms with van der Waals surface area (Å²) in [6.45, 7) is -0.138. The molecule has 0 amide bonds. The van der Waals surface area contributed by atoms with Crippen molar-refractivity contribution in [3.05, 3.63) is 0 Å². The largest absolute Gasteiger partial charge is 0.467 e. The number of hydrogen-bond donors (Lipinski definition) is 2. The number of esters is 1. The Hall–Kier alpha value is -0.690. The first-order chi connectivity index (χ1) is 6.59. The van der Waals surface area contributed by atoms with Gasteiger partial charge in [0.2, 0.25) is 5.60 Å². The Kier molecular flexibility index (Phi) is 2.23. The van der Waals surface area contributed by atoms with Crippen LogP contribution >= 0.6 is 0 Å². The summed E-state index contributed by atoms with van der Waals surface area (Å²) in [5.74, 6) is -0.792. The van der Waals surface area contributed by atoms with Crippen LogP contribution in [0.25, 0.3) is 0 Å². The molecule has 2 heterocycles. The Balaban J connectivity index is 2.20. The fourth-order valence-corrected chi connectivity index (χ4v) is 1.86. The van der Waals surface area contributed by atoms with E-state index in [-0.39, 0.29) is 13.2 Å². The van der Waals surface area contributed by atoms with Crippen molar-refractivity contribution in [1.82, 2.24) is 0 Å². The molecule has 0 aromatic carbocycles. The molecule has 4 atom stereocenters. The third-order valence-electron chi connectivity index (χ3n) is 2.63. The molecule has 0 spiro atoms. The molecule has 6 nitrogen and oxygen atoms in total. The molecule has 0 radical (unpaired) electrons. The summed E-state index contributed by atoms with van der Waals surface area (Å²) in [7, 11) is 1.18. The average molecular weight is 204 g/mol.